The first kappa shape index (κ1) is 19.8. The van der Waals surface area contributed by atoms with E-state index >= 15 is 0 Å². The predicted octanol–water partition coefficient (Wildman–Crippen LogP) is 2.34. The van der Waals surface area contributed by atoms with Crippen molar-refractivity contribution >= 4 is 40.0 Å². The summed E-state index contributed by atoms with van der Waals surface area (Å²) in [7, 11) is -1.34. The number of esters is 1. The molecular weight excluding hydrogens is 380 g/mol. The van der Waals surface area contributed by atoms with Crippen molar-refractivity contribution in [3.05, 3.63) is 54.1 Å². The van der Waals surface area contributed by atoms with Crippen molar-refractivity contribution in [1.29, 1.82) is 0 Å². The second-order valence-electron chi connectivity index (χ2n) is 6.17. The normalized spacial score (nSPS) is 15.2. The van der Waals surface area contributed by atoms with E-state index in [0.717, 1.165) is 0 Å². The molecular formula is C20H20N2O5S. The number of carbonyl (C=O) groups is 3. The van der Waals surface area contributed by atoms with Crippen LogP contribution in [0.2, 0.25) is 0 Å². The Morgan fingerprint density at radius 3 is 2.61 bits per heavy atom. The molecule has 8 heteroatoms. The molecule has 7 nitrogen and oxygen atoms in total. The molecule has 1 heterocycles. The Labute approximate surface area is 165 Å². The van der Waals surface area contributed by atoms with Crippen molar-refractivity contribution in [1.82, 2.24) is 0 Å². The standard InChI is InChI=1S/C20H20N2O5S/c1-3-28(26)17-11-7-4-8-14(17)20(25)27-13(2)19(24)22-12-18(23)21-15-9-5-6-10-16(15)22/h4-11,13H,3,12H2,1-2H3,(H,21,23)/t13-,28+/m0/s1. The van der Waals surface area contributed by atoms with Gasteiger partial charge in [-0.05, 0) is 31.2 Å². The number of hydrogen-bond acceptors (Lipinski definition) is 5. The molecule has 2 aromatic carbocycles. The maximum Gasteiger partial charge on any atom is 0.340 e. The largest absolute Gasteiger partial charge is 0.449 e. The molecule has 0 aromatic heterocycles. The summed E-state index contributed by atoms with van der Waals surface area (Å²) in [6.07, 6.45) is -1.12. The van der Waals surface area contributed by atoms with Crippen LogP contribution in [0, 0.1) is 0 Å². The fourth-order valence-corrected chi connectivity index (χ4v) is 3.85. The van der Waals surface area contributed by atoms with Gasteiger partial charge in [0.1, 0.15) is 6.54 Å². The van der Waals surface area contributed by atoms with Crippen LogP contribution in [0.1, 0.15) is 24.2 Å². The summed E-state index contributed by atoms with van der Waals surface area (Å²) in [5.74, 6) is -1.20. The molecule has 0 spiro atoms. The Balaban J connectivity index is 1.80. The maximum atomic E-state index is 12.9. The summed E-state index contributed by atoms with van der Waals surface area (Å²) in [5.41, 5.74) is 1.23. The number of amides is 2. The van der Waals surface area contributed by atoms with Crippen molar-refractivity contribution < 1.29 is 23.3 Å². The molecule has 0 saturated heterocycles. The summed E-state index contributed by atoms with van der Waals surface area (Å²) in [4.78, 5) is 39.0. The van der Waals surface area contributed by atoms with Crippen LogP contribution in [0.25, 0.3) is 0 Å². The van der Waals surface area contributed by atoms with Crippen LogP contribution in [0.3, 0.4) is 0 Å². The highest BCUT2D eigenvalue weighted by molar-refractivity contribution is 7.85. The number of carbonyl (C=O) groups excluding carboxylic acids is 3. The zero-order valence-electron chi connectivity index (χ0n) is 15.5. The summed E-state index contributed by atoms with van der Waals surface area (Å²) < 4.78 is 17.5. The smallest absolute Gasteiger partial charge is 0.340 e. The molecule has 0 fully saturated rings. The van der Waals surface area contributed by atoms with E-state index in [0.29, 0.717) is 22.0 Å². The fraction of sp³-hybridized carbons (Fsp3) is 0.250. The Kier molecular flexibility index (Phi) is 5.89. The highest BCUT2D eigenvalue weighted by Crippen LogP contribution is 2.29. The molecule has 0 unspecified atom stereocenters. The fourth-order valence-electron chi connectivity index (χ4n) is 2.91. The molecule has 0 aliphatic carbocycles. The number of anilines is 2. The molecule has 0 bridgehead atoms. The molecule has 3 rings (SSSR count). The molecule has 1 N–H and O–H groups in total. The number of nitrogens with one attached hydrogen (secondary N) is 1. The van der Waals surface area contributed by atoms with E-state index in [9.17, 15) is 18.6 Å². The van der Waals surface area contributed by atoms with E-state index in [1.165, 1.54) is 17.9 Å². The molecule has 1 aliphatic rings. The lowest BCUT2D eigenvalue weighted by atomic mass is 10.1. The van der Waals surface area contributed by atoms with Gasteiger partial charge in [0.05, 0.1) is 32.6 Å². The van der Waals surface area contributed by atoms with Gasteiger partial charge in [-0.15, -0.1) is 0 Å². The molecule has 0 radical (unpaired) electrons. The number of nitrogens with zero attached hydrogens (tertiary/aromatic N) is 1. The molecule has 146 valence electrons. The maximum absolute atomic E-state index is 12.9. The third-order valence-electron chi connectivity index (χ3n) is 4.28. The SMILES string of the molecule is CC[S@@](=O)c1ccccc1C(=O)O[C@@H](C)C(=O)N1CC(=O)Nc2ccccc21. The Morgan fingerprint density at radius 2 is 1.86 bits per heavy atom. The summed E-state index contributed by atoms with van der Waals surface area (Å²) in [6.45, 7) is 3.05. The minimum absolute atomic E-state index is 0.159. The van der Waals surface area contributed by atoms with Crippen LogP contribution in [0.4, 0.5) is 11.4 Å². The van der Waals surface area contributed by atoms with E-state index < -0.39 is 28.8 Å². The number of fused-ring (bicyclic) bond motifs is 1. The van der Waals surface area contributed by atoms with Gasteiger partial charge in [0, 0.05) is 5.75 Å². The lowest BCUT2D eigenvalue weighted by Gasteiger charge is -2.30. The van der Waals surface area contributed by atoms with E-state index in [2.05, 4.69) is 5.32 Å². The van der Waals surface area contributed by atoms with Gasteiger partial charge in [0.25, 0.3) is 5.91 Å². The Hall–Kier alpha value is -3.00. The lowest BCUT2D eigenvalue weighted by Crippen LogP contribution is -2.47. The third-order valence-corrected chi connectivity index (χ3v) is 5.65. The van der Waals surface area contributed by atoms with Crippen LogP contribution >= 0.6 is 0 Å². The zero-order chi connectivity index (χ0) is 20.3. The number of rotatable bonds is 5. The van der Waals surface area contributed by atoms with Crippen molar-refractivity contribution in [2.45, 2.75) is 24.8 Å². The van der Waals surface area contributed by atoms with Crippen molar-refractivity contribution in [2.75, 3.05) is 22.5 Å². The average Bonchev–Trinajstić information content (AvgIpc) is 2.71. The molecule has 0 saturated carbocycles. The van der Waals surface area contributed by atoms with Crippen LogP contribution < -0.4 is 10.2 Å². The van der Waals surface area contributed by atoms with E-state index in [4.69, 9.17) is 4.74 Å². The topological polar surface area (TPSA) is 92.8 Å². The Morgan fingerprint density at radius 1 is 1.18 bits per heavy atom. The first-order valence-electron chi connectivity index (χ1n) is 8.81. The van der Waals surface area contributed by atoms with Gasteiger partial charge in [0.2, 0.25) is 5.91 Å². The first-order valence-corrected chi connectivity index (χ1v) is 10.1. The van der Waals surface area contributed by atoms with Crippen molar-refractivity contribution in [3.8, 4) is 0 Å². The average molecular weight is 400 g/mol. The zero-order valence-corrected chi connectivity index (χ0v) is 16.3. The number of ether oxygens (including phenoxy) is 1. The van der Waals surface area contributed by atoms with Crippen LogP contribution in [-0.4, -0.2) is 40.4 Å². The van der Waals surface area contributed by atoms with Crippen molar-refractivity contribution in [3.63, 3.8) is 0 Å². The molecule has 2 aromatic rings. The number of para-hydroxylation sites is 2. The minimum atomic E-state index is -1.34. The third kappa shape index (κ3) is 3.96. The molecule has 1 aliphatic heterocycles. The number of hydrogen-bond donors (Lipinski definition) is 1. The molecule has 2 atom stereocenters. The van der Waals surface area contributed by atoms with Gasteiger partial charge in [-0.25, -0.2) is 4.79 Å². The Bertz CT molecular complexity index is 959. The first-order chi connectivity index (χ1) is 13.4. The van der Waals surface area contributed by atoms with Crippen molar-refractivity contribution in [2.24, 2.45) is 0 Å². The van der Waals surface area contributed by atoms with E-state index in [1.54, 1.807) is 49.4 Å². The van der Waals surface area contributed by atoms with Gasteiger partial charge >= 0.3 is 5.97 Å². The molecule has 2 amide bonds. The highest BCUT2D eigenvalue weighted by Gasteiger charge is 2.32. The van der Waals surface area contributed by atoms with Crippen LogP contribution in [-0.2, 0) is 25.1 Å². The van der Waals surface area contributed by atoms with Gasteiger partial charge in [-0.3, -0.25) is 18.7 Å². The number of benzene rings is 2. The quantitative estimate of drug-likeness (QED) is 0.778. The summed E-state index contributed by atoms with van der Waals surface area (Å²) >= 11 is 0. The van der Waals surface area contributed by atoms with Crippen LogP contribution in [0.15, 0.2) is 53.4 Å². The van der Waals surface area contributed by atoms with Crippen LogP contribution in [0.5, 0.6) is 0 Å². The van der Waals surface area contributed by atoms with E-state index in [-0.39, 0.29) is 18.0 Å². The van der Waals surface area contributed by atoms with E-state index in [1.807, 2.05) is 0 Å². The lowest BCUT2D eigenvalue weighted by molar-refractivity contribution is -0.128. The summed E-state index contributed by atoms with van der Waals surface area (Å²) in [5, 5.41) is 2.70. The highest BCUT2D eigenvalue weighted by atomic mass is 32.2. The van der Waals surface area contributed by atoms with Gasteiger partial charge in [-0.1, -0.05) is 31.2 Å². The van der Waals surface area contributed by atoms with Gasteiger partial charge in [-0.2, -0.15) is 0 Å². The van der Waals surface area contributed by atoms with Gasteiger partial charge in [0.15, 0.2) is 6.10 Å². The molecule has 28 heavy (non-hydrogen) atoms. The van der Waals surface area contributed by atoms with Gasteiger partial charge < -0.3 is 10.1 Å². The second-order valence-corrected chi connectivity index (χ2v) is 7.88. The predicted molar refractivity (Wildman–Crippen MR) is 106 cm³/mol. The minimum Gasteiger partial charge on any atom is -0.449 e. The summed E-state index contributed by atoms with van der Waals surface area (Å²) in [6, 6.07) is 13.4. The monoisotopic (exact) mass is 400 g/mol. The second kappa shape index (κ2) is 8.35.